The molecular weight excluding hydrogens is 534 g/mol. The van der Waals surface area contributed by atoms with Crippen molar-refractivity contribution in [1.82, 2.24) is 15.4 Å². The SMILES string of the molecule is COc1ccc(-c2nc(SCC(=O)N/N=C3/SCC(=O)N3c3ccccc3)[nH]c2-c2ccc(OC)cc2)cc1. The number of rotatable bonds is 9. The number of methoxy groups -OCH3 is 2. The van der Waals surface area contributed by atoms with Crippen molar-refractivity contribution in [2.45, 2.75) is 5.16 Å². The van der Waals surface area contributed by atoms with Gasteiger partial charge in [0.2, 0.25) is 5.91 Å². The number of amides is 2. The van der Waals surface area contributed by atoms with E-state index < -0.39 is 0 Å². The molecule has 39 heavy (non-hydrogen) atoms. The molecule has 1 aromatic heterocycles. The average molecular weight is 560 g/mol. The van der Waals surface area contributed by atoms with Gasteiger partial charge < -0.3 is 14.5 Å². The molecule has 0 spiro atoms. The van der Waals surface area contributed by atoms with Gasteiger partial charge in [0.25, 0.3) is 5.91 Å². The number of thioether (sulfide) groups is 2. The topological polar surface area (TPSA) is 109 Å². The number of H-pyrrole nitrogens is 1. The summed E-state index contributed by atoms with van der Waals surface area (Å²) in [7, 11) is 3.25. The number of hydrogen-bond donors (Lipinski definition) is 2. The maximum Gasteiger partial charge on any atom is 0.250 e. The van der Waals surface area contributed by atoms with Crippen LogP contribution in [0, 0.1) is 0 Å². The van der Waals surface area contributed by atoms with Crippen LogP contribution in [-0.4, -0.2) is 52.7 Å². The first-order chi connectivity index (χ1) is 19.1. The maximum atomic E-state index is 12.6. The van der Waals surface area contributed by atoms with Crippen molar-refractivity contribution in [3.63, 3.8) is 0 Å². The molecule has 2 N–H and O–H groups in total. The van der Waals surface area contributed by atoms with Gasteiger partial charge >= 0.3 is 0 Å². The fraction of sp³-hybridized carbons (Fsp3) is 0.143. The molecule has 4 aromatic rings. The summed E-state index contributed by atoms with van der Waals surface area (Å²) in [5.74, 6) is 1.46. The molecule has 11 heteroatoms. The molecule has 198 valence electrons. The quantitative estimate of drug-likeness (QED) is 0.219. The van der Waals surface area contributed by atoms with Crippen LogP contribution in [0.1, 0.15) is 0 Å². The molecule has 1 aliphatic heterocycles. The zero-order valence-electron chi connectivity index (χ0n) is 21.2. The second-order valence-corrected chi connectivity index (χ2v) is 10.2. The van der Waals surface area contributed by atoms with E-state index in [1.165, 1.54) is 28.4 Å². The first-order valence-corrected chi connectivity index (χ1v) is 13.9. The third kappa shape index (κ3) is 6.10. The molecule has 0 atom stereocenters. The maximum absolute atomic E-state index is 12.6. The van der Waals surface area contributed by atoms with Crippen LogP contribution in [0.15, 0.2) is 89.1 Å². The van der Waals surface area contributed by atoms with Crippen LogP contribution in [0.2, 0.25) is 0 Å². The van der Waals surface area contributed by atoms with Crippen molar-refractivity contribution >= 4 is 46.2 Å². The Morgan fingerprint density at radius 1 is 1.00 bits per heavy atom. The lowest BCUT2D eigenvalue weighted by Crippen LogP contribution is -2.31. The zero-order valence-corrected chi connectivity index (χ0v) is 22.8. The summed E-state index contributed by atoms with van der Waals surface area (Å²) in [4.78, 5) is 34.7. The second kappa shape index (κ2) is 12.1. The Morgan fingerprint density at radius 2 is 1.64 bits per heavy atom. The van der Waals surface area contributed by atoms with E-state index in [1.54, 1.807) is 14.2 Å². The number of anilines is 1. The summed E-state index contributed by atoms with van der Waals surface area (Å²) in [6.07, 6.45) is 0. The smallest absolute Gasteiger partial charge is 0.250 e. The van der Waals surface area contributed by atoms with Crippen LogP contribution in [0.4, 0.5) is 5.69 Å². The number of carbonyl (C=O) groups is 2. The molecule has 1 saturated heterocycles. The van der Waals surface area contributed by atoms with E-state index in [4.69, 9.17) is 14.5 Å². The summed E-state index contributed by atoms with van der Waals surface area (Å²) < 4.78 is 10.6. The van der Waals surface area contributed by atoms with Crippen LogP contribution >= 0.6 is 23.5 Å². The molecule has 1 fully saturated rings. The highest BCUT2D eigenvalue weighted by Gasteiger charge is 2.30. The van der Waals surface area contributed by atoms with Crippen LogP contribution in [0.25, 0.3) is 22.5 Å². The number of hydrogen-bond acceptors (Lipinski definition) is 8. The molecule has 1 aliphatic rings. The molecule has 0 radical (unpaired) electrons. The van der Waals surface area contributed by atoms with Crippen LogP contribution < -0.4 is 19.8 Å². The number of nitrogens with one attached hydrogen (secondary N) is 2. The van der Waals surface area contributed by atoms with Gasteiger partial charge in [-0.1, -0.05) is 41.7 Å². The highest BCUT2D eigenvalue weighted by molar-refractivity contribution is 8.15. The number of imidazole rings is 1. The highest BCUT2D eigenvalue weighted by atomic mass is 32.2. The van der Waals surface area contributed by atoms with Crippen LogP contribution in [0.3, 0.4) is 0 Å². The van der Waals surface area contributed by atoms with Crippen molar-refractivity contribution in [1.29, 1.82) is 0 Å². The van der Waals surface area contributed by atoms with E-state index in [-0.39, 0.29) is 23.3 Å². The molecule has 2 heterocycles. The van der Waals surface area contributed by atoms with Crippen molar-refractivity contribution in [2.75, 3.05) is 30.6 Å². The lowest BCUT2D eigenvalue weighted by atomic mass is 10.0. The Morgan fingerprint density at radius 3 is 2.28 bits per heavy atom. The fourth-order valence-electron chi connectivity index (χ4n) is 3.90. The number of hydrazone groups is 1. The summed E-state index contributed by atoms with van der Waals surface area (Å²) in [5.41, 5.74) is 6.70. The highest BCUT2D eigenvalue weighted by Crippen LogP contribution is 2.34. The Balaban J connectivity index is 1.31. The Hall–Kier alpha value is -4.22. The van der Waals surface area contributed by atoms with Gasteiger partial charge in [-0.25, -0.2) is 10.4 Å². The largest absolute Gasteiger partial charge is 0.497 e. The molecular formula is C28H25N5O4S2. The Labute approximate surface area is 234 Å². The number of amidine groups is 1. The number of para-hydroxylation sites is 1. The van der Waals surface area contributed by atoms with Gasteiger partial charge in [0, 0.05) is 11.1 Å². The first kappa shape index (κ1) is 26.4. The van der Waals surface area contributed by atoms with E-state index >= 15 is 0 Å². The predicted molar refractivity (Wildman–Crippen MR) is 155 cm³/mol. The third-order valence-electron chi connectivity index (χ3n) is 5.82. The van der Waals surface area contributed by atoms with Gasteiger partial charge in [-0.2, -0.15) is 0 Å². The molecule has 5 rings (SSSR count). The summed E-state index contributed by atoms with van der Waals surface area (Å²) in [6.45, 7) is 0. The monoisotopic (exact) mass is 559 g/mol. The average Bonchev–Trinajstić information content (AvgIpc) is 3.59. The van der Waals surface area contributed by atoms with Crippen molar-refractivity contribution in [3.05, 3.63) is 78.9 Å². The number of benzene rings is 3. The van der Waals surface area contributed by atoms with Crippen molar-refractivity contribution < 1.29 is 19.1 Å². The standard InChI is InChI=1S/C28H25N5O4S2/c1-36-21-12-8-18(9-13-21)25-26(19-10-14-22(37-2)15-11-19)30-27(29-25)38-16-23(34)31-32-28-33(24(35)17-39-28)20-6-4-3-5-7-20/h3-15H,16-17H2,1-2H3,(H,29,30)(H,31,34)/b32-28+. The molecule has 2 amide bonds. The molecule has 3 aromatic carbocycles. The second-order valence-electron chi connectivity index (χ2n) is 8.29. The minimum atomic E-state index is -0.311. The van der Waals surface area contributed by atoms with E-state index in [9.17, 15) is 9.59 Å². The van der Waals surface area contributed by atoms with Gasteiger partial charge in [0.15, 0.2) is 10.3 Å². The molecule has 0 bridgehead atoms. The molecule has 0 aliphatic carbocycles. The predicted octanol–water partition coefficient (Wildman–Crippen LogP) is 5.02. The van der Waals surface area contributed by atoms with Gasteiger partial charge in [-0.05, 0) is 60.7 Å². The van der Waals surface area contributed by atoms with Gasteiger partial charge in [0.05, 0.1) is 42.8 Å². The van der Waals surface area contributed by atoms with E-state index in [0.29, 0.717) is 16.0 Å². The third-order valence-corrected chi connectivity index (χ3v) is 7.62. The molecule has 0 unspecified atom stereocenters. The lowest BCUT2D eigenvalue weighted by molar-refractivity contribution is -0.118. The Bertz CT molecular complexity index is 1420. The van der Waals surface area contributed by atoms with Crippen LogP contribution in [-0.2, 0) is 9.59 Å². The normalized spacial score (nSPS) is 14.1. The minimum Gasteiger partial charge on any atom is -0.497 e. The molecule has 9 nitrogen and oxygen atoms in total. The zero-order chi connectivity index (χ0) is 27.2. The van der Waals surface area contributed by atoms with E-state index in [0.717, 1.165) is 34.0 Å². The van der Waals surface area contributed by atoms with Gasteiger partial charge in [-0.3, -0.25) is 14.5 Å². The Kier molecular flexibility index (Phi) is 8.18. The van der Waals surface area contributed by atoms with E-state index in [1.807, 2.05) is 78.9 Å². The molecule has 0 saturated carbocycles. The number of nitrogens with zero attached hydrogens (tertiary/aromatic N) is 3. The lowest BCUT2D eigenvalue weighted by Gasteiger charge is -2.15. The summed E-state index contributed by atoms with van der Waals surface area (Å²) in [5, 5.41) is 5.24. The van der Waals surface area contributed by atoms with Gasteiger partial charge in [-0.15, -0.1) is 5.10 Å². The number of aromatic amines is 1. The first-order valence-electron chi connectivity index (χ1n) is 11.9. The van der Waals surface area contributed by atoms with Gasteiger partial charge in [0.1, 0.15) is 11.5 Å². The minimum absolute atomic E-state index is 0.0817. The summed E-state index contributed by atoms with van der Waals surface area (Å²) in [6, 6.07) is 24.6. The fourth-order valence-corrected chi connectivity index (χ4v) is 5.39. The van der Waals surface area contributed by atoms with E-state index in [2.05, 4.69) is 15.5 Å². The number of ether oxygens (including phenoxy) is 2. The number of aromatic nitrogens is 2. The number of carbonyl (C=O) groups excluding carboxylic acids is 2. The van der Waals surface area contributed by atoms with Crippen molar-refractivity contribution in [3.8, 4) is 34.0 Å². The van der Waals surface area contributed by atoms with Crippen LogP contribution in [0.5, 0.6) is 11.5 Å². The summed E-state index contributed by atoms with van der Waals surface area (Å²) >= 11 is 2.55. The van der Waals surface area contributed by atoms with Crippen molar-refractivity contribution in [2.24, 2.45) is 5.10 Å².